The van der Waals surface area contributed by atoms with Crippen molar-refractivity contribution in [3.05, 3.63) is 34.9 Å². The summed E-state index contributed by atoms with van der Waals surface area (Å²) >= 11 is 0. The maximum Gasteiger partial charge on any atom is 0.0332 e. The first-order valence-electron chi connectivity index (χ1n) is 8.03. The summed E-state index contributed by atoms with van der Waals surface area (Å²) in [4.78, 5) is 2.53. The third-order valence-electron chi connectivity index (χ3n) is 3.94. The number of nitrogens with one attached hydrogen (secondary N) is 1. The molecule has 114 valence electrons. The monoisotopic (exact) mass is 276 g/mol. The fourth-order valence-corrected chi connectivity index (χ4v) is 2.92. The molecule has 1 aromatic carbocycles. The summed E-state index contributed by atoms with van der Waals surface area (Å²) in [6, 6.07) is 7.99. The Balaban J connectivity index is 2.77. The molecule has 20 heavy (non-hydrogen) atoms. The summed E-state index contributed by atoms with van der Waals surface area (Å²) in [5.41, 5.74) is 4.15. The van der Waals surface area contributed by atoms with Gasteiger partial charge in [-0.3, -0.25) is 0 Å². The average Bonchev–Trinajstić information content (AvgIpc) is 2.36. The first-order valence-corrected chi connectivity index (χ1v) is 8.03. The predicted octanol–water partition coefficient (Wildman–Crippen LogP) is 4.07. The third kappa shape index (κ3) is 5.26. The lowest BCUT2D eigenvalue weighted by molar-refractivity contribution is 0.220. The quantitative estimate of drug-likeness (QED) is 0.770. The largest absolute Gasteiger partial charge is 0.310 e. The molecule has 0 aliphatic rings. The topological polar surface area (TPSA) is 15.3 Å². The fraction of sp³-hybridized carbons (Fsp3) is 0.667. The molecule has 0 aromatic heterocycles. The van der Waals surface area contributed by atoms with E-state index in [0.717, 1.165) is 19.6 Å². The molecule has 0 aliphatic heterocycles. The summed E-state index contributed by atoms with van der Waals surface area (Å²) in [5.74, 6) is 0. The van der Waals surface area contributed by atoms with Gasteiger partial charge in [0, 0.05) is 18.6 Å². The standard InChI is InChI=1S/C18H32N2/c1-7-19-18(9-10-20(8-2)14(3)4)17-12-15(5)11-16(6)13-17/h11-14,18-19H,7-10H2,1-6H3. The van der Waals surface area contributed by atoms with Gasteiger partial charge in [-0.1, -0.05) is 43.2 Å². The molecular weight excluding hydrogens is 244 g/mol. The van der Waals surface area contributed by atoms with Gasteiger partial charge < -0.3 is 10.2 Å². The minimum atomic E-state index is 0.464. The van der Waals surface area contributed by atoms with Gasteiger partial charge in [-0.05, 0) is 52.8 Å². The van der Waals surface area contributed by atoms with Crippen LogP contribution in [0.2, 0.25) is 0 Å². The van der Waals surface area contributed by atoms with E-state index in [2.05, 4.69) is 70.0 Å². The van der Waals surface area contributed by atoms with Crippen molar-refractivity contribution >= 4 is 0 Å². The number of benzene rings is 1. The highest BCUT2D eigenvalue weighted by Crippen LogP contribution is 2.20. The van der Waals surface area contributed by atoms with Crippen LogP contribution in [0.3, 0.4) is 0 Å². The molecule has 0 spiro atoms. The van der Waals surface area contributed by atoms with Crippen LogP contribution in [0.5, 0.6) is 0 Å². The Morgan fingerprint density at radius 2 is 1.65 bits per heavy atom. The molecule has 2 nitrogen and oxygen atoms in total. The zero-order chi connectivity index (χ0) is 15.1. The highest BCUT2D eigenvalue weighted by molar-refractivity contribution is 5.30. The molecule has 0 bridgehead atoms. The Morgan fingerprint density at radius 1 is 1.05 bits per heavy atom. The number of hydrogen-bond donors (Lipinski definition) is 1. The number of nitrogens with zero attached hydrogens (tertiary/aromatic N) is 1. The molecule has 2 heteroatoms. The molecule has 1 rings (SSSR count). The van der Waals surface area contributed by atoms with E-state index in [4.69, 9.17) is 0 Å². The van der Waals surface area contributed by atoms with Crippen LogP contribution in [-0.4, -0.2) is 30.6 Å². The van der Waals surface area contributed by atoms with Crippen LogP contribution in [0.25, 0.3) is 0 Å². The van der Waals surface area contributed by atoms with Gasteiger partial charge in [0.05, 0.1) is 0 Å². The lowest BCUT2D eigenvalue weighted by atomic mass is 9.98. The van der Waals surface area contributed by atoms with Crippen molar-refractivity contribution < 1.29 is 0 Å². The molecule has 0 aliphatic carbocycles. The summed E-state index contributed by atoms with van der Waals surface area (Å²) in [7, 11) is 0. The minimum Gasteiger partial charge on any atom is -0.310 e. The number of aryl methyl sites for hydroxylation is 2. The van der Waals surface area contributed by atoms with Crippen LogP contribution in [0.1, 0.15) is 56.8 Å². The first kappa shape index (κ1) is 17.2. The molecule has 1 unspecified atom stereocenters. The molecule has 0 fully saturated rings. The molecule has 1 aromatic rings. The molecule has 0 heterocycles. The summed E-state index contributed by atoms with van der Waals surface area (Å²) < 4.78 is 0. The number of hydrogen-bond acceptors (Lipinski definition) is 2. The van der Waals surface area contributed by atoms with E-state index >= 15 is 0 Å². The zero-order valence-electron chi connectivity index (χ0n) is 14.2. The fourth-order valence-electron chi connectivity index (χ4n) is 2.92. The van der Waals surface area contributed by atoms with Crippen molar-refractivity contribution in [2.45, 2.75) is 60.0 Å². The van der Waals surface area contributed by atoms with E-state index in [0.29, 0.717) is 12.1 Å². The van der Waals surface area contributed by atoms with Crippen molar-refractivity contribution in [2.24, 2.45) is 0 Å². The normalized spacial score (nSPS) is 13.2. The van der Waals surface area contributed by atoms with Gasteiger partial charge in [0.15, 0.2) is 0 Å². The van der Waals surface area contributed by atoms with Crippen molar-refractivity contribution in [1.82, 2.24) is 10.2 Å². The Morgan fingerprint density at radius 3 is 2.10 bits per heavy atom. The Kier molecular flexibility index (Phi) is 7.25. The van der Waals surface area contributed by atoms with E-state index < -0.39 is 0 Å². The molecule has 0 saturated carbocycles. The van der Waals surface area contributed by atoms with Gasteiger partial charge in [-0.25, -0.2) is 0 Å². The zero-order valence-corrected chi connectivity index (χ0v) is 14.2. The molecule has 1 atom stereocenters. The maximum absolute atomic E-state index is 3.65. The first-order chi connectivity index (χ1) is 9.47. The predicted molar refractivity (Wildman–Crippen MR) is 89.3 cm³/mol. The molecular formula is C18H32N2. The van der Waals surface area contributed by atoms with Crippen molar-refractivity contribution in [2.75, 3.05) is 19.6 Å². The highest BCUT2D eigenvalue weighted by atomic mass is 15.1. The van der Waals surface area contributed by atoms with E-state index in [1.807, 2.05) is 0 Å². The smallest absolute Gasteiger partial charge is 0.0332 e. The van der Waals surface area contributed by atoms with Crippen LogP contribution in [-0.2, 0) is 0 Å². The summed E-state index contributed by atoms with van der Waals surface area (Å²) in [6.07, 6.45) is 1.17. The molecule has 0 radical (unpaired) electrons. The second kappa shape index (κ2) is 8.43. The van der Waals surface area contributed by atoms with Crippen LogP contribution >= 0.6 is 0 Å². The highest BCUT2D eigenvalue weighted by Gasteiger charge is 2.14. The summed E-state index contributed by atoms with van der Waals surface area (Å²) in [5, 5.41) is 3.65. The van der Waals surface area contributed by atoms with Crippen molar-refractivity contribution in [3.63, 3.8) is 0 Å². The van der Waals surface area contributed by atoms with Gasteiger partial charge in [0.1, 0.15) is 0 Å². The molecule has 1 N–H and O–H groups in total. The van der Waals surface area contributed by atoms with Gasteiger partial charge >= 0.3 is 0 Å². The van der Waals surface area contributed by atoms with Gasteiger partial charge in [-0.15, -0.1) is 0 Å². The van der Waals surface area contributed by atoms with Crippen LogP contribution in [0, 0.1) is 13.8 Å². The van der Waals surface area contributed by atoms with E-state index in [9.17, 15) is 0 Å². The van der Waals surface area contributed by atoms with Crippen LogP contribution in [0.15, 0.2) is 18.2 Å². The van der Waals surface area contributed by atoms with Crippen LogP contribution < -0.4 is 5.32 Å². The van der Waals surface area contributed by atoms with E-state index in [1.54, 1.807) is 0 Å². The third-order valence-corrected chi connectivity index (χ3v) is 3.94. The Bertz CT molecular complexity index is 378. The summed E-state index contributed by atoms with van der Waals surface area (Å²) in [6.45, 7) is 16.7. The van der Waals surface area contributed by atoms with Gasteiger partial charge in [0.25, 0.3) is 0 Å². The second-order valence-corrected chi connectivity index (χ2v) is 6.04. The van der Waals surface area contributed by atoms with Crippen molar-refractivity contribution in [3.8, 4) is 0 Å². The SMILES string of the molecule is CCNC(CCN(CC)C(C)C)c1cc(C)cc(C)c1. The Labute approximate surface area is 125 Å². The maximum atomic E-state index is 3.65. The Hall–Kier alpha value is -0.860. The number of rotatable bonds is 8. The van der Waals surface area contributed by atoms with Gasteiger partial charge in [0.2, 0.25) is 0 Å². The second-order valence-electron chi connectivity index (χ2n) is 6.04. The molecule has 0 saturated heterocycles. The average molecular weight is 276 g/mol. The van der Waals surface area contributed by atoms with E-state index in [1.165, 1.54) is 23.1 Å². The van der Waals surface area contributed by atoms with Gasteiger partial charge in [-0.2, -0.15) is 0 Å². The van der Waals surface area contributed by atoms with Crippen molar-refractivity contribution in [1.29, 1.82) is 0 Å². The lowest BCUT2D eigenvalue weighted by Gasteiger charge is -2.28. The van der Waals surface area contributed by atoms with E-state index in [-0.39, 0.29) is 0 Å². The van der Waals surface area contributed by atoms with Crippen LogP contribution in [0.4, 0.5) is 0 Å². The minimum absolute atomic E-state index is 0.464. The molecule has 0 amide bonds. The lowest BCUT2D eigenvalue weighted by Crippen LogP contribution is -2.34.